The third kappa shape index (κ3) is 3.23. The highest BCUT2D eigenvalue weighted by atomic mass is 19.1. The minimum atomic E-state index is -0.968. The number of nitrogens with one attached hydrogen (secondary N) is 2. The Bertz CT molecular complexity index is 594. The number of alkyl halides is 1. The molecule has 4 rings (SSSR count). The smallest absolute Gasteiger partial charge is 0.254 e. The molecule has 0 aliphatic heterocycles. The third-order valence-electron chi connectivity index (χ3n) is 5.01. The van der Waals surface area contributed by atoms with E-state index < -0.39 is 11.6 Å². The predicted molar refractivity (Wildman–Crippen MR) is 87.2 cm³/mol. The molecule has 1 aromatic rings. The zero-order valence-electron chi connectivity index (χ0n) is 13.7. The highest BCUT2D eigenvalue weighted by Gasteiger charge is 2.49. The largest absolute Gasteiger partial charge is 0.367 e. The van der Waals surface area contributed by atoms with Crippen LogP contribution in [0.5, 0.6) is 0 Å². The number of hydrogen-bond donors (Lipinski definition) is 3. The van der Waals surface area contributed by atoms with Crippen molar-refractivity contribution in [2.24, 2.45) is 5.73 Å². The SMILES string of the molecule is CC(C)Nc1nc(NC23CCC(F)(CC2)CC3)ncc1C(N)=O. The van der Waals surface area contributed by atoms with Crippen LogP contribution in [-0.4, -0.2) is 33.1 Å². The normalized spacial score (nSPS) is 29.6. The minimum absolute atomic E-state index is 0.116. The topological polar surface area (TPSA) is 92.9 Å². The highest BCUT2D eigenvalue weighted by molar-refractivity contribution is 5.97. The molecule has 1 heterocycles. The lowest BCUT2D eigenvalue weighted by molar-refractivity contribution is 0.0150. The third-order valence-corrected chi connectivity index (χ3v) is 5.01. The number of aromatic nitrogens is 2. The fourth-order valence-electron chi connectivity index (χ4n) is 3.57. The van der Waals surface area contributed by atoms with Crippen molar-refractivity contribution in [3.8, 4) is 0 Å². The summed E-state index contributed by atoms with van der Waals surface area (Å²) in [5, 5.41) is 6.52. The van der Waals surface area contributed by atoms with Crippen molar-refractivity contribution < 1.29 is 9.18 Å². The summed E-state index contributed by atoms with van der Waals surface area (Å²) in [5.74, 6) is 0.342. The Labute approximate surface area is 135 Å². The molecule has 0 spiro atoms. The number of hydrogen-bond acceptors (Lipinski definition) is 5. The summed E-state index contributed by atoms with van der Waals surface area (Å²) in [5.41, 5.74) is 4.56. The van der Waals surface area contributed by atoms with Crippen LogP contribution in [0.4, 0.5) is 16.2 Å². The molecule has 2 bridgehead atoms. The van der Waals surface area contributed by atoms with E-state index in [0.717, 1.165) is 19.3 Å². The van der Waals surface area contributed by atoms with Crippen molar-refractivity contribution in [1.29, 1.82) is 0 Å². The van der Waals surface area contributed by atoms with Gasteiger partial charge < -0.3 is 16.4 Å². The number of fused-ring (bicyclic) bond motifs is 3. The van der Waals surface area contributed by atoms with Gasteiger partial charge in [-0.1, -0.05) is 0 Å². The summed E-state index contributed by atoms with van der Waals surface area (Å²) in [7, 11) is 0. The van der Waals surface area contributed by atoms with Gasteiger partial charge in [0.05, 0.1) is 5.56 Å². The van der Waals surface area contributed by atoms with E-state index in [1.807, 2.05) is 13.8 Å². The second-order valence-electron chi connectivity index (χ2n) is 7.18. The van der Waals surface area contributed by atoms with E-state index >= 15 is 0 Å². The number of nitrogens with two attached hydrogens (primary N) is 1. The summed E-state index contributed by atoms with van der Waals surface area (Å²) in [4.78, 5) is 20.2. The van der Waals surface area contributed by atoms with E-state index in [1.54, 1.807) is 0 Å². The molecule has 6 nitrogen and oxygen atoms in total. The number of halogens is 1. The van der Waals surface area contributed by atoms with Gasteiger partial charge in [0.25, 0.3) is 5.91 Å². The van der Waals surface area contributed by atoms with Crippen LogP contribution < -0.4 is 16.4 Å². The quantitative estimate of drug-likeness (QED) is 0.775. The molecule has 0 saturated heterocycles. The van der Waals surface area contributed by atoms with Crippen molar-refractivity contribution in [2.45, 2.75) is 69.6 Å². The first-order chi connectivity index (χ1) is 10.8. The van der Waals surface area contributed by atoms with Gasteiger partial charge in [-0.2, -0.15) is 4.98 Å². The summed E-state index contributed by atoms with van der Waals surface area (Å²) < 4.78 is 14.3. The molecular formula is C16H24FN5O. The Morgan fingerprint density at radius 2 is 1.87 bits per heavy atom. The Morgan fingerprint density at radius 1 is 1.26 bits per heavy atom. The molecule has 0 atom stereocenters. The van der Waals surface area contributed by atoms with Gasteiger partial charge in [0.1, 0.15) is 11.5 Å². The molecular weight excluding hydrogens is 297 g/mol. The average Bonchev–Trinajstić information content (AvgIpc) is 2.48. The van der Waals surface area contributed by atoms with E-state index in [1.165, 1.54) is 6.20 Å². The van der Waals surface area contributed by atoms with Gasteiger partial charge in [-0.05, 0) is 52.4 Å². The number of anilines is 2. The standard InChI is InChI=1S/C16H24FN5O/c1-10(2)20-13-11(12(18)23)9-19-14(21-13)22-16-6-3-15(17,4-7-16)5-8-16/h9-10H,3-8H2,1-2H3,(H2,18,23)(H2,19,20,21,22). The van der Waals surface area contributed by atoms with Crippen molar-refractivity contribution in [1.82, 2.24) is 9.97 Å². The van der Waals surface area contributed by atoms with Crippen molar-refractivity contribution in [3.63, 3.8) is 0 Å². The Morgan fingerprint density at radius 3 is 2.39 bits per heavy atom. The van der Waals surface area contributed by atoms with Crippen molar-refractivity contribution in [2.75, 3.05) is 10.6 Å². The molecule has 23 heavy (non-hydrogen) atoms. The van der Waals surface area contributed by atoms with Crippen molar-refractivity contribution >= 4 is 17.7 Å². The molecule has 3 aliphatic carbocycles. The van der Waals surface area contributed by atoms with E-state index in [-0.39, 0.29) is 17.1 Å². The van der Waals surface area contributed by atoms with Gasteiger partial charge in [-0.3, -0.25) is 4.79 Å². The van der Waals surface area contributed by atoms with Crippen LogP contribution in [-0.2, 0) is 0 Å². The maximum Gasteiger partial charge on any atom is 0.254 e. The second kappa shape index (κ2) is 5.62. The fourth-order valence-corrected chi connectivity index (χ4v) is 3.57. The monoisotopic (exact) mass is 321 g/mol. The van der Waals surface area contributed by atoms with Crippen molar-refractivity contribution in [3.05, 3.63) is 11.8 Å². The van der Waals surface area contributed by atoms with Crippen LogP contribution >= 0.6 is 0 Å². The van der Waals surface area contributed by atoms with Crippen LogP contribution in [0.25, 0.3) is 0 Å². The van der Waals surface area contributed by atoms with Gasteiger partial charge in [0, 0.05) is 17.8 Å². The van der Waals surface area contributed by atoms with Crippen LogP contribution in [0.2, 0.25) is 0 Å². The number of amides is 1. The predicted octanol–water partition coefficient (Wildman–Crippen LogP) is 2.62. The highest BCUT2D eigenvalue weighted by Crippen LogP contribution is 2.50. The van der Waals surface area contributed by atoms with Crippen LogP contribution in [0.3, 0.4) is 0 Å². The molecule has 126 valence electrons. The molecule has 3 saturated carbocycles. The number of carbonyl (C=O) groups is 1. The Balaban J connectivity index is 1.82. The maximum absolute atomic E-state index is 14.3. The van der Waals surface area contributed by atoms with E-state index in [0.29, 0.717) is 31.0 Å². The lowest BCUT2D eigenvalue weighted by Gasteiger charge is -2.49. The van der Waals surface area contributed by atoms with Crippen LogP contribution in [0, 0.1) is 0 Å². The number of nitrogens with zero attached hydrogens (tertiary/aromatic N) is 2. The van der Waals surface area contributed by atoms with E-state index in [2.05, 4.69) is 20.6 Å². The lowest BCUT2D eigenvalue weighted by Crippen LogP contribution is -2.52. The van der Waals surface area contributed by atoms with Gasteiger partial charge in [-0.25, -0.2) is 9.37 Å². The lowest BCUT2D eigenvalue weighted by atomic mass is 9.64. The molecule has 0 radical (unpaired) electrons. The second-order valence-corrected chi connectivity index (χ2v) is 7.18. The molecule has 3 aliphatic rings. The first kappa shape index (κ1) is 16.0. The van der Waals surface area contributed by atoms with E-state index in [4.69, 9.17) is 5.73 Å². The van der Waals surface area contributed by atoms with Crippen LogP contribution in [0.15, 0.2) is 6.20 Å². The summed E-state index contributed by atoms with van der Waals surface area (Å²) in [6.45, 7) is 3.92. The summed E-state index contributed by atoms with van der Waals surface area (Å²) >= 11 is 0. The van der Waals surface area contributed by atoms with Crippen LogP contribution in [0.1, 0.15) is 62.7 Å². The summed E-state index contributed by atoms with van der Waals surface area (Å²) in [6.07, 6.45) is 5.60. The Hall–Kier alpha value is -1.92. The molecule has 3 fully saturated rings. The molecule has 0 unspecified atom stereocenters. The summed E-state index contributed by atoms with van der Waals surface area (Å²) in [6, 6.07) is 0.116. The number of rotatable bonds is 5. The first-order valence-electron chi connectivity index (χ1n) is 8.21. The number of carbonyl (C=O) groups excluding carboxylic acids is 1. The molecule has 1 aromatic heterocycles. The first-order valence-corrected chi connectivity index (χ1v) is 8.21. The molecule has 1 amide bonds. The zero-order chi connectivity index (χ0) is 16.7. The zero-order valence-corrected chi connectivity index (χ0v) is 13.7. The minimum Gasteiger partial charge on any atom is -0.367 e. The van der Waals surface area contributed by atoms with Gasteiger partial charge in [-0.15, -0.1) is 0 Å². The van der Waals surface area contributed by atoms with Gasteiger partial charge in [0.2, 0.25) is 5.95 Å². The number of primary amides is 1. The fraction of sp³-hybridized carbons (Fsp3) is 0.688. The van der Waals surface area contributed by atoms with Gasteiger partial charge >= 0.3 is 0 Å². The maximum atomic E-state index is 14.3. The average molecular weight is 321 g/mol. The molecule has 0 aromatic carbocycles. The molecule has 7 heteroatoms. The molecule has 4 N–H and O–H groups in total. The Kier molecular flexibility index (Phi) is 3.90. The van der Waals surface area contributed by atoms with E-state index in [9.17, 15) is 9.18 Å². The van der Waals surface area contributed by atoms with Gasteiger partial charge in [0.15, 0.2) is 0 Å².